The highest BCUT2D eigenvalue weighted by Crippen LogP contribution is 2.39. The zero-order chi connectivity index (χ0) is 25.1. The number of esters is 1. The van der Waals surface area contributed by atoms with Gasteiger partial charge in [0.2, 0.25) is 0 Å². The number of aliphatic hydroxyl groups is 1. The molecule has 8 heteroatoms. The first-order valence-electron chi connectivity index (χ1n) is 11.4. The van der Waals surface area contributed by atoms with Crippen molar-refractivity contribution in [3.63, 3.8) is 0 Å². The molecule has 0 aliphatic carbocycles. The Morgan fingerprint density at radius 1 is 1.03 bits per heavy atom. The number of nitrogens with zero attached hydrogens (tertiary/aromatic N) is 2. The third kappa shape index (κ3) is 4.35. The van der Waals surface area contributed by atoms with Crippen molar-refractivity contribution in [2.45, 2.75) is 32.7 Å². The van der Waals surface area contributed by atoms with Crippen molar-refractivity contribution >= 4 is 29.1 Å². The predicted molar refractivity (Wildman–Crippen MR) is 130 cm³/mol. The quantitative estimate of drug-likeness (QED) is 0.226. The molecule has 2 heterocycles. The van der Waals surface area contributed by atoms with Gasteiger partial charge in [0.1, 0.15) is 17.7 Å². The molecule has 1 fully saturated rings. The van der Waals surface area contributed by atoms with Crippen LogP contribution in [0, 0.1) is 5.92 Å². The normalized spacial score (nSPS) is 17.3. The van der Waals surface area contributed by atoms with E-state index in [1.165, 1.54) is 42.5 Å². The molecule has 1 aliphatic heterocycles. The van der Waals surface area contributed by atoms with Gasteiger partial charge < -0.3 is 14.4 Å². The van der Waals surface area contributed by atoms with Gasteiger partial charge in [-0.2, -0.15) is 0 Å². The van der Waals surface area contributed by atoms with Crippen molar-refractivity contribution in [2.75, 3.05) is 12.0 Å². The number of methoxy groups -OCH3 is 1. The fourth-order valence-electron chi connectivity index (χ4n) is 4.51. The van der Waals surface area contributed by atoms with Gasteiger partial charge in [0, 0.05) is 22.9 Å². The lowest BCUT2D eigenvalue weighted by Crippen LogP contribution is -2.39. The molecule has 1 aliphatic rings. The number of amides is 1. The van der Waals surface area contributed by atoms with Crippen molar-refractivity contribution in [1.29, 1.82) is 0 Å². The summed E-state index contributed by atoms with van der Waals surface area (Å²) in [5, 5.41) is 15.1. The van der Waals surface area contributed by atoms with Gasteiger partial charge in [0.05, 0.1) is 24.3 Å². The molecular formula is C27H26N2O6. The highest BCUT2D eigenvalue weighted by atomic mass is 16.5. The first-order chi connectivity index (χ1) is 16.9. The fraction of sp³-hybridized carbons (Fsp3) is 0.259. The molecule has 1 aromatic heterocycles. The minimum atomic E-state index is -0.739. The van der Waals surface area contributed by atoms with Gasteiger partial charge in [-0.05, 0) is 30.2 Å². The zero-order valence-corrected chi connectivity index (χ0v) is 19.7. The number of ketones is 1. The maximum absolute atomic E-state index is 13.2. The summed E-state index contributed by atoms with van der Waals surface area (Å²) in [7, 11) is 1.28. The summed E-state index contributed by atoms with van der Waals surface area (Å²) in [6, 6.07) is 14.3. The van der Waals surface area contributed by atoms with E-state index >= 15 is 0 Å². The number of Topliss-reactive ketones (excluding diaryl/α,β-unsaturated/α-hetero) is 1. The lowest BCUT2D eigenvalue weighted by atomic mass is 9.87. The minimum absolute atomic E-state index is 0.0629. The van der Waals surface area contributed by atoms with Gasteiger partial charge in [-0.1, -0.05) is 56.1 Å². The van der Waals surface area contributed by atoms with Crippen molar-refractivity contribution in [1.82, 2.24) is 5.16 Å². The summed E-state index contributed by atoms with van der Waals surface area (Å²) in [4.78, 5) is 39.7. The number of benzene rings is 2. The van der Waals surface area contributed by atoms with E-state index in [0.717, 1.165) is 5.56 Å². The van der Waals surface area contributed by atoms with Crippen LogP contribution in [0.25, 0.3) is 17.0 Å². The van der Waals surface area contributed by atoms with Gasteiger partial charge in [0.15, 0.2) is 0 Å². The Bertz CT molecular complexity index is 1260. The van der Waals surface area contributed by atoms with Gasteiger partial charge in [-0.25, -0.2) is 4.79 Å². The molecule has 0 saturated carbocycles. The van der Waals surface area contributed by atoms with Crippen LogP contribution in [-0.2, 0) is 14.3 Å². The van der Waals surface area contributed by atoms with Crippen LogP contribution >= 0.6 is 0 Å². The molecule has 4 rings (SSSR count). The van der Waals surface area contributed by atoms with Crippen LogP contribution in [0.15, 0.2) is 71.0 Å². The monoisotopic (exact) mass is 474 g/mol. The topological polar surface area (TPSA) is 110 Å². The van der Waals surface area contributed by atoms with E-state index in [0.29, 0.717) is 35.3 Å². The largest absolute Gasteiger partial charge is 0.507 e. The Morgan fingerprint density at radius 2 is 1.66 bits per heavy atom. The SMILES string of the molecule is CCC(CC)C1C(=C(O)c2ccc(C(=O)OC)cc2)C(=O)C(=O)N1c1ccc(-c2ccon2)cc1. The molecule has 8 nitrogen and oxygen atoms in total. The van der Waals surface area contributed by atoms with Crippen LogP contribution in [0.1, 0.15) is 42.6 Å². The molecule has 2 aromatic carbocycles. The first kappa shape index (κ1) is 23.9. The van der Waals surface area contributed by atoms with Crippen molar-refractivity contribution in [3.8, 4) is 11.3 Å². The third-order valence-electron chi connectivity index (χ3n) is 6.44. The summed E-state index contributed by atoms with van der Waals surface area (Å²) < 4.78 is 9.61. The number of anilines is 1. The molecule has 1 saturated heterocycles. The first-order valence-corrected chi connectivity index (χ1v) is 11.4. The molecule has 3 aromatic rings. The maximum Gasteiger partial charge on any atom is 0.337 e. The van der Waals surface area contributed by atoms with E-state index in [4.69, 9.17) is 9.26 Å². The van der Waals surface area contributed by atoms with Gasteiger partial charge in [-0.15, -0.1) is 0 Å². The highest BCUT2D eigenvalue weighted by molar-refractivity contribution is 6.51. The Kier molecular flexibility index (Phi) is 6.82. The van der Waals surface area contributed by atoms with E-state index in [9.17, 15) is 19.5 Å². The van der Waals surface area contributed by atoms with Gasteiger partial charge in [0.25, 0.3) is 11.7 Å². The Labute approximate surface area is 202 Å². The predicted octanol–water partition coefficient (Wildman–Crippen LogP) is 4.82. The number of carbonyl (C=O) groups is 3. The molecule has 0 bridgehead atoms. The van der Waals surface area contributed by atoms with Crippen molar-refractivity contribution < 1.29 is 28.8 Å². The van der Waals surface area contributed by atoms with Crippen LogP contribution in [0.5, 0.6) is 0 Å². The number of rotatable bonds is 7. The molecule has 0 radical (unpaired) electrons. The minimum Gasteiger partial charge on any atom is -0.507 e. The van der Waals surface area contributed by atoms with E-state index in [1.807, 2.05) is 26.0 Å². The summed E-state index contributed by atoms with van der Waals surface area (Å²) in [6.45, 7) is 3.99. The second-order valence-corrected chi connectivity index (χ2v) is 8.29. The third-order valence-corrected chi connectivity index (χ3v) is 6.44. The molecule has 35 heavy (non-hydrogen) atoms. The lowest BCUT2D eigenvalue weighted by molar-refractivity contribution is -0.132. The molecular weight excluding hydrogens is 448 g/mol. The standard InChI is InChI=1S/C27H26N2O6/c1-4-16(5-2)23-22(24(30)18-6-8-19(9-7-18)27(33)34-3)25(31)26(32)29(23)20-12-10-17(11-13-20)21-14-15-35-28-21/h6-16,23,30H,4-5H2,1-3H3. The molecule has 1 unspecified atom stereocenters. The van der Waals surface area contributed by atoms with Crippen LogP contribution in [0.2, 0.25) is 0 Å². The van der Waals surface area contributed by atoms with Crippen LogP contribution in [0.4, 0.5) is 5.69 Å². The summed E-state index contributed by atoms with van der Waals surface area (Å²) in [6.07, 6.45) is 2.88. The zero-order valence-electron chi connectivity index (χ0n) is 19.7. The number of ether oxygens (including phenoxy) is 1. The van der Waals surface area contributed by atoms with E-state index in [2.05, 4.69) is 5.16 Å². The molecule has 1 N–H and O–H groups in total. The Hall–Kier alpha value is -4.20. The lowest BCUT2D eigenvalue weighted by Gasteiger charge is -2.31. The van der Waals surface area contributed by atoms with Gasteiger partial charge >= 0.3 is 5.97 Å². The molecule has 180 valence electrons. The average Bonchev–Trinajstić information content (AvgIpc) is 3.52. The molecule has 1 amide bonds. The van der Waals surface area contributed by atoms with E-state index < -0.39 is 23.7 Å². The second-order valence-electron chi connectivity index (χ2n) is 8.29. The molecule has 0 spiro atoms. The Balaban J connectivity index is 1.78. The summed E-state index contributed by atoms with van der Waals surface area (Å²) in [5.41, 5.74) is 2.74. The van der Waals surface area contributed by atoms with Crippen molar-refractivity contribution in [3.05, 3.63) is 77.6 Å². The maximum atomic E-state index is 13.2. The Morgan fingerprint density at radius 3 is 2.20 bits per heavy atom. The number of aromatic nitrogens is 1. The highest BCUT2D eigenvalue weighted by Gasteiger charge is 2.48. The number of carbonyl (C=O) groups excluding carboxylic acids is 3. The van der Waals surface area contributed by atoms with E-state index in [1.54, 1.807) is 18.2 Å². The van der Waals surface area contributed by atoms with Crippen LogP contribution in [0.3, 0.4) is 0 Å². The summed E-state index contributed by atoms with van der Waals surface area (Å²) >= 11 is 0. The summed E-state index contributed by atoms with van der Waals surface area (Å²) in [5.74, 6) is -2.27. The number of hydrogen-bond donors (Lipinski definition) is 1. The van der Waals surface area contributed by atoms with Crippen LogP contribution < -0.4 is 4.90 Å². The van der Waals surface area contributed by atoms with Crippen molar-refractivity contribution in [2.24, 2.45) is 5.92 Å². The number of aliphatic hydroxyl groups excluding tert-OH is 1. The number of hydrogen-bond acceptors (Lipinski definition) is 7. The van der Waals surface area contributed by atoms with E-state index in [-0.39, 0.29) is 17.3 Å². The molecule has 1 atom stereocenters. The second kappa shape index (κ2) is 9.97. The van der Waals surface area contributed by atoms with Gasteiger partial charge in [-0.3, -0.25) is 14.5 Å². The average molecular weight is 475 g/mol. The van der Waals surface area contributed by atoms with Crippen LogP contribution in [-0.4, -0.2) is 41.1 Å². The smallest absolute Gasteiger partial charge is 0.337 e. The fourth-order valence-corrected chi connectivity index (χ4v) is 4.51.